The summed E-state index contributed by atoms with van der Waals surface area (Å²) >= 11 is 0. The summed E-state index contributed by atoms with van der Waals surface area (Å²) in [6.07, 6.45) is 1.97. The summed E-state index contributed by atoms with van der Waals surface area (Å²) in [4.78, 5) is 26.3. The van der Waals surface area contributed by atoms with E-state index < -0.39 is 5.97 Å². The van der Waals surface area contributed by atoms with Crippen molar-refractivity contribution >= 4 is 12.0 Å². The first kappa shape index (κ1) is 14.8. The lowest BCUT2D eigenvalue weighted by Crippen LogP contribution is -2.48. The van der Waals surface area contributed by atoms with Gasteiger partial charge in [-0.1, -0.05) is 0 Å². The quantitative estimate of drug-likeness (QED) is 0.700. The number of amides is 2. The van der Waals surface area contributed by atoms with E-state index in [1.165, 1.54) is 0 Å². The second-order valence-electron chi connectivity index (χ2n) is 5.18. The molecule has 6 heteroatoms. The Hall–Kier alpha value is -1.30. The van der Waals surface area contributed by atoms with Crippen molar-refractivity contribution in [2.75, 3.05) is 27.2 Å². The summed E-state index contributed by atoms with van der Waals surface area (Å²) in [5, 5.41) is 11.6. The van der Waals surface area contributed by atoms with Gasteiger partial charge in [-0.2, -0.15) is 0 Å². The summed E-state index contributed by atoms with van der Waals surface area (Å²) in [7, 11) is 3.90. The Labute approximate surface area is 108 Å². The maximum Gasteiger partial charge on any atom is 0.317 e. The van der Waals surface area contributed by atoms with Crippen LogP contribution >= 0.6 is 0 Å². The molecule has 0 aromatic carbocycles. The van der Waals surface area contributed by atoms with Crippen molar-refractivity contribution in [1.29, 1.82) is 0 Å². The van der Waals surface area contributed by atoms with Gasteiger partial charge in [-0.05, 0) is 33.9 Å². The van der Waals surface area contributed by atoms with E-state index in [4.69, 9.17) is 5.11 Å². The molecule has 1 aliphatic rings. The third kappa shape index (κ3) is 5.35. The summed E-state index contributed by atoms with van der Waals surface area (Å²) in [6, 6.07) is 0.141. The van der Waals surface area contributed by atoms with E-state index in [-0.39, 0.29) is 24.5 Å². The summed E-state index contributed by atoms with van der Waals surface area (Å²) < 4.78 is 0. The summed E-state index contributed by atoms with van der Waals surface area (Å²) in [5.74, 6) is -0.866. The van der Waals surface area contributed by atoms with Gasteiger partial charge in [0.2, 0.25) is 0 Å². The zero-order valence-corrected chi connectivity index (χ0v) is 11.3. The van der Waals surface area contributed by atoms with E-state index >= 15 is 0 Å². The number of rotatable bonds is 7. The van der Waals surface area contributed by atoms with E-state index in [1.807, 2.05) is 25.9 Å². The molecule has 18 heavy (non-hydrogen) atoms. The standard InChI is InChI=1S/C12H23N3O3/c1-9(8-14(2)3)13-12(18)15(10-4-5-10)7-6-11(16)17/h9-10H,4-8H2,1-3H3,(H,13,18)(H,16,17). The third-order valence-electron chi connectivity index (χ3n) is 2.82. The van der Waals surface area contributed by atoms with Crippen LogP contribution in [0.25, 0.3) is 0 Å². The fourth-order valence-corrected chi connectivity index (χ4v) is 1.94. The van der Waals surface area contributed by atoms with Crippen LogP contribution < -0.4 is 5.32 Å². The number of hydrogen-bond donors (Lipinski definition) is 2. The molecule has 0 aromatic heterocycles. The highest BCUT2D eigenvalue weighted by molar-refractivity contribution is 5.76. The number of hydrogen-bond acceptors (Lipinski definition) is 3. The molecule has 0 aromatic rings. The van der Waals surface area contributed by atoms with Gasteiger partial charge in [0.05, 0.1) is 6.42 Å². The monoisotopic (exact) mass is 257 g/mol. The lowest BCUT2D eigenvalue weighted by molar-refractivity contribution is -0.137. The lowest BCUT2D eigenvalue weighted by atomic mass is 10.3. The molecule has 0 saturated heterocycles. The van der Waals surface area contributed by atoms with Crippen LogP contribution in [0.3, 0.4) is 0 Å². The molecule has 2 N–H and O–H groups in total. The predicted octanol–water partition coefficient (Wildman–Crippen LogP) is 0.585. The molecule has 0 bridgehead atoms. The molecule has 0 radical (unpaired) electrons. The van der Waals surface area contributed by atoms with Crippen molar-refractivity contribution in [3.05, 3.63) is 0 Å². The van der Waals surface area contributed by atoms with Gasteiger partial charge >= 0.3 is 12.0 Å². The topological polar surface area (TPSA) is 72.9 Å². The fourth-order valence-electron chi connectivity index (χ4n) is 1.94. The van der Waals surface area contributed by atoms with Crippen LogP contribution in [-0.4, -0.2) is 66.2 Å². The highest BCUT2D eigenvalue weighted by Crippen LogP contribution is 2.26. The van der Waals surface area contributed by atoms with E-state index in [9.17, 15) is 9.59 Å². The molecule has 1 saturated carbocycles. The summed E-state index contributed by atoms with van der Waals surface area (Å²) in [6.45, 7) is 3.00. The molecule has 1 unspecified atom stereocenters. The number of nitrogens with one attached hydrogen (secondary N) is 1. The SMILES string of the molecule is CC(CN(C)C)NC(=O)N(CCC(=O)O)C1CC1. The van der Waals surface area contributed by atoms with Gasteiger partial charge < -0.3 is 20.2 Å². The number of likely N-dealkylation sites (N-methyl/N-ethyl adjacent to an activating group) is 1. The minimum absolute atomic E-state index is 0.00593. The molecular formula is C12H23N3O3. The molecule has 0 heterocycles. The Morgan fingerprint density at radius 1 is 1.39 bits per heavy atom. The van der Waals surface area contributed by atoms with Crippen molar-refractivity contribution in [3.8, 4) is 0 Å². The van der Waals surface area contributed by atoms with Crippen molar-refractivity contribution < 1.29 is 14.7 Å². The van der Waals surface area contributed by atoms with Crippen molar-refractivity contribution in [1.82, 2.24) is 15.1 Å². The van der Waals surface area contributed by atoms with Gasteiger partial charge in [-0.15, -0.1) is 0 Å². The van der Waals surface area contributed by atoms with Gasteiger partial charge in [-0.3, -0.25) is 4.79 Å². The van der Waals surface area contributed by atoms with Gasteiger partial charge in [0, 0.05) is 25.2 Å². The molecule has 1 atom stereocenters. The Bertz CT molecular complexity index is 303. The fraction of sp³-hybridized carbons (Fsp3) is 0.833. The molecule has 6 nitrogen and oxygen atoms in total. The number of carboxylic acids is 1. The predicted molar refractivity (Wildman–Crippen MR) is 68.5 cm³/mol. The summed E-state index contributed by atoms with van der Waals surface area (Å²) in [5.41, 5.74) is 0. The van der Waals surface area contributed by atoms with E-state index in [1.54, 1.807) is 4.90 Å². The van der Waals surface area contributed by atoms with Crippen LogP contribution in [0, 0.1) is 0 Å². The van der Waals surface area contributed by atoms with Crippen LogP contribution in [-0.2, 0) is 4.79 Å². The first-order chi connectivity index (χ1) is 8.40. The zero-order chi connectivity index (χ0) is 13.7. The molecular weight excluding hydrogens is 234 g/mol. The largest absolute Gasteiger partial charge is 0.481 e. The number of carbonyl (C=O) groups excluding carboxylic acids is 1. The van der Waals surface area contributed by atoms with E-state index in [0.717, 1.165) is 19.4 Å². The smallest absolute Gasteiger partial charge is 0.317 e. The third-order valence-corrected chi connectivity index (χ3v) is 2.82. The van der Waals surface area contributed by atoms with Crippen molar-refractivity contribution in [2.24, 2.45) is 0 Å². The molecule has 1 rings (SSSR count). The molecule has 1 aliphatic carbocycles. The zero-order valence-electron chi connectivity index (χ0n) is 11.3. The minimum Gasteiger partial charge on any atom is -0.481 e. The molecule has 0 spiro atoms. The highest BCUT2D eigenvalue weighted by Gasteiger charge is 2.33. The first-order valence-electron chi connectivity index (χ1n) is 6.33. The van der Waals surface area contributed by atoms with Crippen LogP contribution in [0.5, 0.6) is 0 Å². The molecule has 2 amide bonds. The Balaban J connectivity index is 2.41. The van der Waals surface area contributed by atoms with Gasteiger partial charge in [0.25, 0.3) is 0 Å². The van der Waals surface area contributed by atoms with Crippen LogP contribution in [0.2, 0.25) is 0 Å². The van der Waals surface area contributed by atoms with Crippen LogP contribution in [0.15, 0.2) is 0 Å². The van der Waals surface area contributed by atoms with Gasteiger partial charge in [0.1, 0.15) is 0 Å². The average Bonchev–Trinajstić information content (AvgIpc) is 2.99. The van der Waals surface area contributed by atoms with Gasteiger partial charge in [-0.25, -0.2) is 4.79 Å². The van der Waals surface area contributed by atoms with E-state index in [0.29, 0.717) is 6.54 Å². The second-order valence-corrected chi connectivity index (χ2v) is 5.18. The van der Waals surface area contributed by atoms with Crippen molar-refractivity contribution in [3.63, 3.8) is 0 Å². The number of carboxylic acid groups (broad SMARTS) is 1. The maximum absolute atomic E-state index is 12.0. The Morgan fingerprint density at radius 3 is 2.44 bits per heavy atom. The second kappa shape index (κ2) is 6.58. The van der Waals surface area contributed by atoms with Gasteiger partial charge in [0.15, 0.2) is 0 Å². The molecule has 104 valence electrons. The lowest BCUT2D eigenvalue weighted by Gasteiger charge is -2.25. The molecule has 0 aliphatic heterocycles. The van der Waals surface area contributed by atoms with E-state index in [2.05, 4.69) is 5.32 Å². The Kier molecular flexibility index (Phi) is 5.40. The average molecular weight is 257 g/mol. The number of urea groups is 1. The Morgan fingerprint density at radius 2 is 2.00 bits per heavy atom. The normalized spacial score (nSPS) is 16.4. The highest BCUT2D eigenvalue weighted by atomic mass is 16.4. The maximum atomic E-state index is 12.0. The number of carbonyl (C=O) groups is 2. The minimum atomic E-state index is -0.866. The number of aliphatic carboxylic acids is 1. The van der Waals surface area contributed by atoms with Crippen LogP contribution in [0.1, 0.15) is 26.2 Å². The van der Waals surface area contributed by atoms with Crippen molar-refractivity contribution in [2.45, 2.75) is 38.3 Å². The molecule has 1 fully saturated rings. The first-order valence-corrected chi connectivity index (χ1v) is 6.33. The number of nitrogens with zero attached hydrogens (tertiary/aromatic N) is 2. The van der Waals surface area contributed by atoms with Crippen LogP contribution in [0.4, 0.5) is 4.79 Å².